The highest BCUT2D eigenvalue weighted by molar-refractivity contribution is 6.04. The van der Waals surface area contributed by atoms with Crippen molar-refractivity contribution in [3.05, 3.63) is 120 Å². The molecule has 0 saturated carbocycles. The third-order valence-electron chi connectivity index (χ3n) is 5.87. The van der Waals surface area contributed by atoms with Gasteiger partial charge in [-0.15, -0.1) is 0 Å². The molecule has 3 aromatic carbocycles. The van der Waals surface area contributed by atoms with Crippen molar-refractivity contribution >= 4 is 23.5 Å². The fourth-order valence-electron chi connectivity index (χ4n) is 3.97. The molecule has 0 unspecified atom stereocenters. The highest BCUT2D eigenvalue weighted by Gasteiger charge is 2.22. The Morgan fingerprint density at radius 2 is 1.53 bits per heavy atom. The van der Waals surface area contributed by atoms with Crippen molar-refractivity contribution < 1.29 is 18.5 Å². The maximum absolute atomic E-state index is 13.6. The van der Waals surface area contributed by atoms with Gasteiger partial charge in [0, 0.05) is 23.7 Å². The first-order chi connectivity index (χ1) is 18.6. The zero-order valence-corrected chi connectivity index (χ0v) is 20.2. The molecule has 2 amide bonds. The SMILES string of the molecule is O=C(CCc1ccccc1)Nc1onc(-c2ccc(F)cc2)c1-c1ccnc(NC(=O)c2ccccc2)c1. The number of nitrogens with one attached hydrogen (secondary N) is 2. The van der Waals surface area contributed by atoms with E-state index >= 15 is 0 Å². The van der Waals surface area contributed by atoms with Crippen molar-refractivity contribution in [3.8, 4) is 22.4 Å². The Morgan fingerprint density at radius 1 is 0.816 bits per heavy atom. The van der Waals surface area contributed by atoms with Gasteiger partial charge in [-0.25, -0.2) is 9.37 Å². The normalized spacial score (nSPS) is 10.7. The van der Waals surface area contributed by atoms with Crippen molar-refractivity contribution in [2.24, 2.45) is 0 Å². The van der Waals surface area contributed by atoms with Crippen molar-refractivity contribution in [3.63, 3.8) is 0 Å². The van der Waals surface area contributed by atoms with Gasteiger partial charge in [-0.3, -0.25) is 14.9 Å². The molecule has 0 fully saturated rings. The first kappa shape index (κ1) is 24.6. The van der Waals surface area contributed by atoms with Crippen LogP contribution in [0.1, 0.15) is 22.3 Å². The lowest BCUT2D eigenvalue weighted by Crippen LogP contribution is -2.13. The first-order valence-electron chi connectivity index (χ1n) is 12.0. The number of amides is 2. The molecule has 5 aromatic rings. The second-order valence-corrected chi connectivity index (χ2v) is 8.53. The van der Waals surface area contributed by atoms with Crippen LogP contribution in [0, 0.1) is 5.82 Å². The molecular formula is C30H23FN4O3. The van der Waals surface area contributed by atoms with E-state index in [4.69, 9.17) is 4.52 Å². The summed E-state index contributed by atoms with van der Waals surface area (Å²) in [6.07, 6.45) is 2.34. The van der Waals surface area contributed by atoms with Crippen LogP contribution in [0.4, 0.5) is 16.1 Å². The maximum atomic E-state index is 13.6. The summed E-state index contributed by atoms with van der Waals surface area (Å²) in [5, 5.41) is 9.79. The topological polar surface area (TPSA) is 97.1 Å². The average Bonchev–Trinajstić information content (AvgIpc) is 3.37. The van der Waals surface area contributed by atoms with E-state index < -0.39 is 0 Å². The largest absolute Gasteiger partial charge is 0.337 e. The summed E-state index contributed by atoms with van der Waals surface area (Å²) in [4.78, 5) is 29.7. The fourth-order valence-corrected chi connectivity index (χ4v) is 3.97. The number of hydrogen-bond acceptors (Lipinski definition) is 5. The predicted molar refractivity (Wildman–Crippen MR) is 143 cm³/mol. The number of carbonyl (C=O) groups is 2. The van der Waals surface area contributed by atoms with Crippen LogP contribution in [0.5, 0.6) is 0 Å². The van der Waals surface area contributed by atoms with Crippen LogP contribution >= 0.6 is 0 Å². The summed E-state index contributed by atoms with van der Waals surface area (Å²) in [5.41, 5.74) is 3.63. The van der Waals surface area contributed by atoms with E-state index in [-0.39, 0.29) is 29.9 Å². The predicted octanol–water partition coefficient (Wildman–Crippen LogP) is 6.37. The number of pyridine rings is 1. The molecular weight excluding hydrogens is 483 g/mol. The molecule has 0 radical (unpaired) electrons. The number of carbonyl (C=O) groups excluding carboxylic acids is 2. The molecule has 2 heterocycles. The third kappa shape index (κ3) is 5.82. The number of nitrogens with zero attached hydrogens (tertiary/aromatic N) is 2. The molecule has 0 bridgehead atoms. The van der Waals surface area contributed by atoms with Gasteiger partial charge in [0.05, 0.1) is 5.56 Å². The van der Waals surface area contributed by atoms with Gasteiger partial charge in [0.2, 0.25) is 11.8 Å². The average molecular weight is 507 g/mol. The Labute approximate surface area is 218 Å². The van der Waals surface area contributed by atoms with Gasteiger partial charge in [-0.2, -0.15) is 0 Å². The number of rotatable bonds is 8. The van der Waals surface area contributed by atoms with Crippen LogP contribution < -0.4 is 10.6 Å². The van der Waals surface area contributed by atoms with Crippen LogP contribution in [-0.4, -0.2) is 22.0 Å². The highest BCUT2D eigenvalue weighted by Crippen LogP contribution is 2.38. The number of aryl methyl sites for hydroxylation is 1. The molecule has 2 aromatic heterocycles. The van der Waals surface area contributed by atoms with Crippen molar-refractivity contribution in [1.29, 1.82) is 0 Å². The number of hydrogen-bond donors (Lipinski definition) is 2. The Bertz CT molecular complexity index is 1550. The quantitative estimate of drug-likeness (QED) is 0.255. The molecule has 7 nitrogen and oxygen atoms in total. The lowest BCUT2D eigenvalue weighted by molar-refractivity contribution is -0.116. The number of benzene rings is 3. The molecule has 2 N–H and O–H groups in total. The lowest BCUT2D eigenvalue weighted by atomic mass is 10.0. The van der Waals surface area contributed by atoms with Gasteiger partial charge in [0.25, 0.3) is 5.91 Å². The van der Waals surface area contributed by atoms with Crippen LogP contribution in [-0.2, 0) is 11.2 Å². The van der Waals surface area contributed by atoms with Crippen molar-refractivity contribution in [1.82, 2.24) is 10.1 Å². The zero-order valence-electron chi connectivity index (χ0n) is 20.2. The minimum atomic E-state index is -0.386. The second-order valence-electron chi connectivity index (χ2n) is 8.53. The summed E-state index contributed by atoms with van der Waals surface area (Å²) in [5.74, 6) is -0.488. The maximum Gasteiger partial charge on any atom is 0.256 e. The minimum Gasteiger partial charge on any atom is -0.337 e. The summed E-state index contributed by atoms with van der Waals surface area (Å²) in [7, 11) is 0. The smallest absolute Gasteiger partial charge is 0.256 e. The summed E-state index contributed by atoms with van der Waals surface area (Å²) in [6, 6.07) is 27.7. The van der Waals surface area contributed by atoms with E-state index in [2.05, 4.69) is 20.8 Å². The van der Waals surface area contributed by atoms with Crippen LogP contribution in [0.15, 0.2) is 108 Å². The monoisotopic (exact) mass is 506 g/mol. The molecule has 0 aliphatic rings. The van der Waals surface area contributed by atoms with Crippen molar-refractivity contribution in [2.45, 2.75) is 12.8 Å². The van der Waals surface area contributed by atoms with E-state index in [9.17, 15) is 14.0 Å². The van der Waals surface area contributed by atoms with Gasteiger partial charge >= 0.3 is 0 Å². The first-order valence-corrected chi connectivity index (χ1v) is 12.0. The van der Waals surface area contributed by atoms with E-state index in [1.54, 1.807) is 54.7 Å². The summed E-state index contributed by atoms with van der Waals surface area (Å²) >= 11 is 0. The van der Waals surface area contributed by atoms with E-state index in [0.717, 1.165) is 5.56 Å². The second kappa shape index (κ2) is 11.3. The Balaban J connectivity index is 1.45. The van der Waals surface area contributed by atoms with Gasteiger partial charge in [0.15, 0.2) is 0 Å². The molecule has 188 valence electrons. The molecule has 0 spiro atoms. The Morgan fingerprint density at radius 3 is 2.26 bits per heavy atom. The van der Waals surface area contributed by atoms with E-state index in [0.29, 0.717) is 40.2 Å². The minimum absolute atomic E-state index is 0.147. The summed E-state index contributed by atoms with van der Waals surface area (Å²) < 4.78 is 19.2. The Hall–Kier alpha value is -5.11. The fraction of sp³-hybridized carbons (Fsp3) is 0.0667. The molecule has 0 aliphatic heterocycles. The lowest BCUT2D eigenvalue weighted by Gasteiger charge is -2.09. The molecule has 38 heavy (non-hydrogen) atoms. The van der Waals surface area contributed by atoms with Crippen LogP contribution in [0.3, 0.4) is 0 Å². The van der Waals surface area contributed by atoms with Crippen LogP contribution in [0.2, 0.25) is 0 Å². The van der Waals surface area contributed by atoms with Gasteiger partial charge < -0.3 is 9.84 Å². The molecule has 0 atom stereocenters. The van der Waals surface area contributed by atoms with Gasteiger partial charge in [0.1, 0.15) is 17.3 Å². The molecule has 0 aliphatic carbocycles. The molecule has 5 rings (SSSR count). The van der Waals surface area contributed by atoms with Gasteiger partial charge in [-0.05, 0) is 66.1 Å². The van der Waals surface area contributed by atoms with E-state index in [1.807, 2.05) is 36.4 Å². The molecule has 0 saturated heterocycles. The number of anilines is 2. The number of aromatic nitrogens is 2. The third-order valence-corrected chi connectivity index (χ3v) is 5.87. The number of halogens is 1. The highest BCUT2D eigenvalue weighted by atomic mass is 19.1. The van der Waals surface area contributed by atoms with E-state index in [1.165, 1.54) is 12.1 Å². The summed E-state index contributed by atoms with van der Waals surface area (Å²) in [6.45, 7) is 0. The standard InChI is InChI=1S/C30H23FN4O3/c31-24-14-12-21(13-15-24)28-27(30(38-35-28)34-26(36)16-11-20-7-3-1-4-8-20)23-17-18-32-25(19-23)33-29(37)22-9-5-2-6-10-22/h1-10,12-15,17-19H,11,16H2,(H,34,36)(H,32,33,37). The Kier molecular flexibility index (Phi) is 7.31. The zero-order chi connectivity index (χ0) is 26.3. The van der Waals surface area contributed by atoms with Gasteiger partial charge in [-0.1, -0.05) is 53.7 Å². The van der Waals surface area contributed by atoms with Crippen molar-refractivity contribution in [2.75, 3.05) is 10.6 Å². The van der Waals surface area contributed by atoms with Crippen LogP contribution in [0.25, 0.3) is 22.4 Å². The molecule has 8 heteroatoms.